The van der Waals surface area contributed by atoms with Gasteiger partial charge in [0.15, 0.2) is 0 Å². The van der Waals surface area contributed by atoms with Gasteiger partial charge in [-0.25, -0.2) is 0 Å². The van der Waals surface area contributed by atoms with Crippen LogP contribution in [0.5, 0.6) is 0 Å². The lowest BCUT2D eigenvalue weighted by atomic mass is 9.33. The van der Waals surface area contributed by atoms with E-state index in [1.165, 1.54) is 116 Å². The van der Waals surface area contributed by atoms with Gasteiger partial charge in [0.25, 0.3) is 6.71 Å². The smallest absolute Gasteiger partial charge is 0.252 e. The summed E-state index contributed by atoms with van der Waals surface area (Å²) in [4.78, 5) is 8.41. The Labute approximate surface area is 387 Å². The molecule has 0 amide bonds. The van der Waals surface area contributed by atoms with Gasteiger partial charge in [0.2, 0.25) is 0 Å². The lowest BCUT2D eigenvalue weighted by molar-refractivity contribution is 0.195. The third-order valence-corrected chi connectivity index (χ3v) is 18.0. The molecule has 65 heavy (non-hydrogen) atoms. The minimum Gasteiger partial charge on any atom is -0.335 e. The number of hydrogen-bond donors (Lipinski definition) is 0. The van der Waals surface area contributed by atoms with Crippen LogP contribution in [0.1, 0.15) is 115 Å². The standard InChI is InChI=1S/C61H60BN3/c1-57(2,3)44-30-31-51-47(38-44)61(43-24-12-8-13-25-43)35-21-20-34-60(61,6)64(51)46-39-53-55-54(40-46)65-56-48(58(4)32-18-19-33-59(58,65)5)36-42(41-22-10-7-11-23-41)37-50(56)62(55)49-28-16-17-29-52(49)63(53)45-26-14-9-15-27-45/h7-17,22-31,36-40H,18-21,32-35H2,1-6H3. The van der Waals surface area contributed by atoms with E-state index in [1.54, 1.807) is 5.56 Å². The van der Waals surface area contributed by atoms with Crippen molar-refractivity contribution in [3.63, 3.8) is 0 Å². The number of hydrogen-bond acceptors (Lipinski definition) is 3. The van der Waals surface area contributed by atoms with Crippen LogP contribution >= 0.6 is 0 Å². The molecule has 2 saturated carbocycles. The minimum atomic E-state index is -0.202. The average Bonchev–Trinajstić information content (AvgIpc) is 3.70. The Hall–Kier alpha value is -6.00. The Morgan fingerprint density at radius 2 is 1.12 bits per heavy atom. The monoisotopic (exact) mass is 845 g/mol. The van der Waals surface area contributed by atoms with Gasteiger partial charge in [-0.1, -0.05) is 169 Å². The number of benzene rings is 7. The molecule has 13 rings (SSSR count). The highest BCUT2D eigenvalue weighted by Crippen LogP contribution is 2.66. The van der Waals surface area contributed by atoms with Crippen molar-refractivity contribution >= 4 is 62.9 Å². The van der Waals surface area contributed by atoms with Crippen LogP contribution in [-0.2, 0) is 16.2 Å². The lowest BCUT2D eigenvalue weighted by Gasteiger charge is -2.54. The van der Waals surface area contributed by atoms with E-state index in [1.807, 2.05) is 0 Å². The third kappa shape index (κ3) is 5.04. The van der Waals surface area contributed by atoms with Gasteiger partial charge in [-0.15, -0.1) is 0 Å². The topological polar surface area (TPSA) is 9.72 Å². The number of rotatable bonds is 4. The SMILES string of the molecule is CC(C)(C)c1ccc2c(c1)C1(c3ccccc3)CCCCC1(C)N2c1cc2c3c(c1)N1c4c(cc(-c5ccccc5)cc4C4(C)CCCCC14C)B3c1ccccc1N2c1ccccc1. The van der Waals surface area contributed by atoms with Crippen molar-refractivity contribution in [1.29, 1.82) is 0 Å². The van der Waals surface area contributed by atoms with E-state index in [9.17, 15) is 0 Å². The van der Waals surface area contributed by atoms with Crippen LogP contribution in [0.25, 0.3) is 11.1 Å². The van der Waals surface area contributed by atoms with Crippen molar-refractivity contribution in [2.45, 2.75) is 120 Å². The first-order valence-electron chi connectivity index (χ1n) is 24.6. The molecule has 322 valence electrons. The molecule has 4 aliphatic heterocycles. The van der Waals surface area contributed by atoms with E-state index in [0.29, 0.717) is 0 Å². The van der Waals surface area contributed by atoms with Gasteiger partial charge in [0, 0.05) is 50.6 Å². The van der Waals surface area contributed by atoms with Crippen LogP contribution in [0.3, 0.4) is 0 Å². The van der Waals surface area contributed by atoms with Gasteiger partial charge >= 0.3 is 0 Å². The van der Waals surface area contributed by atoms with Crippen molar-refractivity contribution in [2.24, 2.45) is 0 Å². The molecule has 2 fully saturated rings. The zero-order chi connectivity index (χ0) is 44.1. The number of nitrogens with zero attached hydrogens (tertiary/aromatic N) is 3. The predicted molar refractivity (Wildman–Crippen MR) is 275 cm³/mol. The normalized spacial score (nSPS) is 25.6. The molecule has 4 heteroatoms. The first kappa shape index (κ1) is 39.4. The highest BCUT2D eigenvalue weighted by Gasteiger charge is 2.64. The van der Waals surface area contributed by atoms with Crippen molar-refractivity contribution < 1.29 is 0 Å². The summed E-state index contributed by atoms with van der Waals surface area (Å²) >= 11 is 0. The van der Waals surface area contributed by atoms with Gasteiger partial charge in [-0.05, 0) is 137 Å². The molecular formula is C61H60BN3. The van der Waals surface area contributed by atoms with Gasteiger partial charge in [0.1, 0.15) is 0 Å². The molecule has 7 aromatic carbocycles. The molecule has 7 aromatic rings. The van der Waals surface area contributed by atoms with E-state index in [-0.39, 0.29) is 34.0 Å². The number of fused-ring (bicyclic) bond motifs is 10. The zero-order valence-electron chi connectivity index (χ0n) is 39.1. The molecule has 0 spiro atoms. The largest absolute Gasteiger partial charge is 0.335 e. The number of para-hydroxylation sites is 2. The third-order valence-electron chi connectivity index (χ3n) is 18.0. The predicted octanol–water partition coefficient (Wildman–Crippen LogP) is 13.8. The fourth-order valence-corrected chi connectivity index (χ4v) is 14.7. The van der Waals surface area contributed by atoms with E-state index in [0.717, 1.165) is 19.3 Å². The summed E-state index contributed by atoms with van der Waals surface area (Å²) < 4.78 is 0. The molecule has 0 N–H and O–H groups in total. The summed E-state index contributed by atoms with van der Waals surface area (Å²) in [5.74, 6) is 0. The molecule has 4 atom stereocenters. The lowest BCUT2D eigenvalue weighted by Crippen LogP contribution is -2.64. The Bertz CT molecular complexity index is 3060. The molecule has 6 aliphatic rings. The van der Waals surface area contributed by atoms with Crippen LogP contribution in [0, 0.1) is 0 Å². The van der Waals surface area contributed by atoms with Crippen LogP contribution in [0.2, 0.25) is 0 Å². The fourth-order valence-electron chi connectivity index (χ4n) is 14.7. The van der Waals surface area contributed by atoms with E-state index >= 15 is 0 Å². The van der Waals surface area contributed by atoms with Crippen molar-refractivity contribution in [3.05, 3.63) is 180 Å². The van der Waals surface area contributed by atoms with Crippen LogP contribution in [0.4, 0.5) is 39.8 Å². The summed E-state index contributed by atoms with van der Waals surface area (Å²) in [6.45, 7) is 15.1. The summed E-state index contributed by atoms with van der Waals surface area (Å²) in [6, 6.07) is 61.5. The highest BCUT2D eigenvalue weighted by atomic mass is 15.3. The minimum absolute atomic E-state index is 0.0173. The maximum atomic E-state index is 2.93. The first-order chi connectivity index (χ1) is 31.5. The van der Waals surface area contributed by atoms with Gasteiger partial charge in [-0.3, -0.25) is 0 Å². The summed E-state index contributed by atoms with van der Waals surface area (Å²) in [7, 11) is 0. The zero-order valence-corrected chi connectivity index (χ0v) is 39.1. The second kappa shape index (κ2) is 13.5. The summed E-state index contributed by atoms with van der Waals surface area (Å²) in [5, 5.41) is 0. The quantitative estimate of drug-likeness (QED) is 0.163. The van der Waals surface area contributed by atoms with Gasteiger partial charge in [-0.2, -0.15) is 0 Å². The molecular weight excluding hydrogens is 786 g/mol. The Kier molecular flexibility index (Phi) is 8.20. The van der Waals surface area contributed by atoms with E-state index < -0.39 is 0 Å². The maximum Gasteiger partial charge on any atom is 0.252 e. The molecule has 4 unspecified atom stereocenters. The second-order valence-corrected chi connectivity index (χ2v) is 22.1. The fraction of sp³-hybridized carbons (Fsp3) is 0.311. The van der Waals surface area contributed by atoms with Gasteiger partial charge in [0.05, 0.1) is 11.1 Å². The summed E-state index contributed by atoms with van der Waals surface area (Å²) in [5.41, 5.74) is 21.7. The van der Waals surface area contributed by atoms with E-state index in [2.05, 4.69) is 214 Å². The first-order valence-corrected chi connectivity index (χ1v) is 24.6. The Morgan fingerprint density at radius 1 is 0.477 bits per heavy atom. The summed E-state index contributed by atoms with van der Waals surface area (Å²) in [6.07, 6.45) is 9.56. The second-order valence-electron chi connectivity index (χ2n) is 22.1. The molecule has 4 heterocycles. The highest BCUT2D eigenvalue weighted by molar-refractivity contribution is 7.00. The van der Waals surface area contributed by atoms with Gasteiger partial charge < -0.3 is 14.7 Å². The molecule has 0 bridgehead atoms. The molecule has 0 aromatic heterocycles. The van der Waals surface area contributed by atoms with Crippen molar-refractivity contribution in [1.82, 2.24) is 0 Å². The molecule has 0 radical (unpaired) electrons. The van der Waals surface area contributed by atoms with Crippen LogP contribution in [0.15, 0.2) is 158 Å². The maximum absolute atomic E-state index is 2.93. The number of anilines is 7. The average molecular weight is 846 g/mol. The molecule has 2 aliphatic carbocycles. The molecule has 3 nitrogen and oxygen atoms in total. The Morgan fingerprint density at radius 3 is 1.88 bits per heavy atom. The van der Waals surface area contributed by atoms with Crippen LogP contribution < -0.4 is 31.1 Å². The Balaban J connectivity index is 1.15. The molecule has 0 saturated heterocycles. The van der Waals surface area contributed by atoms with Crippen LogP contribution in [-0.4, -0.2) is 17.8 Å². The van der Waals surface area contributed by atoms with Crippen molar-refractivity contribution in [3.8, 4) is 11.1 Å². The van der Waals surface area contributed by atoms with Crippen molar-refractivity contribution in [2.75, 3.05) is 14.7 Å². The van der Waals surface area contributed by atoms with E-state index in [4.69, 9.17) is 0 Å².